The molecule has 1 rings (SSSR count). The third-order valence-electron chi connectivity index (χ3n) is 0.789. The molecule has 0 saturated heterocycles. The van der Waals surface area contributed by atoms with Crippen molar-refractivity contribution >= 4 is 25.4 Å². The molecule has 0 amide bonds. The Kier molecular flexibility index (Phi) is 4.09. The number of hydrogen-bond donors (Lipinski definition) is 0. The number of pyridine rings is 1. The SMILES string of the molecule is Fc1cc[c]([Mg+])cn1.[Cl-]. The van der Waals surface area contributed by atoms with Crippen LogP contribution in [0.3, 0.4) is 0 Å². The standard InChI is InChI=1S/C5H3FN.ClH.Mg/c6-5-3-1-2-4-7-5;;/h1,3-4H;1H;/q;;+1/p-1. The normalized spacial score (nSPS) is 8.33. The van der Waals surface area contributed by atoms with E-state index < -0.39 is 5.95 Å². The van der Waals surface area contributed by atoms with Gasteiger partial charge in [0.25, 0.3) is 0 Å². The first-order chi connectivity index (χ1) is 3.79. The van der Waals surface area contributed by atoms with Gasteiger partial charge < -0.3 is 12.4 Å². The number of halogens is 2. The topological polar surface area (TPSA) is 12.9 Å². The second kappa shape index (κ2) is 4.03. The zero-order valence-corrected chi connectivity index (χ0v) is 6.81. The quantitative estimate of drug-likeness (QED) is 0.288. The van der Waals surface area contributed by atoms with Gasteiger partial charge in [-0.3, -0.25) is 0 Å². The molecule has 0 saturated carbocycles. The second-order valence-corrected chi connectivity index (χ2v) is 2.31. The van der Waals surface area contributed by atoms with Gasteiger partial charge in [-0.15, -0.1) is 0 Å². The van der Waals surface area contributed by atoms with Crippen molar-refractivity contribution < 1.29 is 16.8 Å². The monoisotopic (exact) mass is 155 g/mol. The predicted molar refractivity (Wildman–Crippen MR) is 29.6 cm³/mol. The molecule has 1 nitrogen and oxygen atoms in total. The van der Waals surface area contributed by atoms with E-state index in [0.717, 1.165) is 3.69 Å². The first-order valence-electron chi connectivity index (χ1n) is 2.22. The molecular weight excluding hydrogens is 153 g/mol. The molecular formula is C5H3ClFMgN. The first-order valence-corrected chi connectivity index (χ1v) is 2.93. The summed E-state index contributed by atoms with van der Waals surface area (Å²) in [6.07, 6.45) is 1.51. The van der Waals surface area contributed by atoms with Crippen LogP contribution in [-0.2, 0) is 0 Å². The van der Waals surface area contributed by atoms with E-state index >= 15 is 0 Å². The fraction of sp³-hybridized carbons (Fsp3) is 0. The van der Waals surface area contributed by atoms with E-state index in [4.69, 9.17) is 0 Å². The van der Waals surface area contributed by atoms with Crippen molar-refractivity contribution in [2.45, 2.75) is 0 Å². The van der Waals surface area contributed by atoms with E-state index in [1.54, 1.807) is 27.8 Å². The van der Waals surface area contributed by atoms with Crippen LogP contribution in [0.15, 0.2) is 18.3 Å². The van der Waals surface area contributed by atoms with Crippen LogP contribution in [0.25, 0.3) is 0 Å². The first kappa shape index (κ1) is 9.14. The zero-order valence-electron chi connectivity index (χ0n) is 4.64. The van der Waals surface area contributed by atoms with Crippen LogP contribution in [0.2, 0.25) is 0 Å². The molecule has 0 unspecified atom stereocenters. The molecule has 9 heavy (non-hydrogen) atoms. The van der Waals surface area contributed by atoms with Gasteiger partial charge in [0.15, 0.2) is 0 Å². The van der Waals surface area contributed by atoms with Crippen LogP contribution >= 0.6 is 0 Å². The number of hydrogen-bond acceptors (Lipinski definition) is 1. The molecule has 0 bridgehead atoms. The van der Waals surface area contributed by atoms with E-state index in [9.17, 15) is 4.39 Å². The second-order valence-electron chi connectivity index (χ2n) is 1.49. The third kappa shape index (κ3) is 2.98. The van der Waals surface area contributed by atoms with Gasteiger partial charge in [0, 0.05) is 0 Å². The Labute approximate surface area is 71.5 Å². The fourth-order valence-electron chi connectivity index (χ4n) is 0.406. The molecule has 0 fully saturated rings. The minimum absolute atomic E-state index is 0. The molecule has 0 aromatic carbocycles. The summed E-state index contributed by atoms with van der Waals surface area (Å²) < 4.78 is 13.0. The molecule has 1 aromatic heterocycles. The summed E-state index contributed by atoms with van der Waals surface area (Å²) in [5.41, 5.74) is 0. The molecule has 0 aliphatic carbocycles. The molecule has 0 spiro atoms. The summed E-state index contributed by atoms with van der Waals surface area (Å²) in [6, 6.07) is 3.04. The number of aromatic nitrogens is 1. The van der Waals surface area contributed by atoms with E-state index in [2.05, 4.69) is 4.98 Å². The molecule has 0 aliphatic heterocycles. The summed E-state index contributed by atoms with van der Waals surface area (Å²) in [5.74, 6) is -0.416. The number of rotatable bonds is 0. The van der Waals surface area contributed by atoms with Gasteiger partial charge in [-0.05, 0) is 0 Å². The molecule has 0 N–H and O–H groups in total. The van der Waals surface area contributed by atoms with Crippen LogP contribution < -0.4 is 16.1 Å². The van der Waals surface area contributed by atoms with Crippen molar-refractivity contribution in [3.05, 3.63) is 24.3 Å². The Bertz CT molecular complexity index is 156. The maximum Gasteiger partial charge on any atom is -1.00 e. The van der Waals surface area contributed by atoms with Gasteiger partial charge in [0.2, 0.25) is 0 Å². The van der Waals surface area contributed by atoms with Crippen molar-refractivity contribution in [3.8, 4) is 0 Å². The van der Waals surface area contributed by atoms with Gasteiger partial charge >= 0.3 is 59.1 Å². The van der Waals surface area contributed by atoms with Gasteiger partial charge in [0.05, 0.1) is 0 Å². The minimum Gasteiger partial charge on any atom is -1.00 e. The van der Waals surface area contributed by atoms with E-state index in [1.165, 1.54) is 12.3 Å². The summed E-state index contributed by atoms with van der Waals surface area (Å²) in [5, 5.41) is 0. The van der Waals surface area contributed by atoms with Crippen molar-refractivity contribution in [2.75, 3.05) is 0 Å². The van der Waals surface area contributed by atoms with Crippen LogP contribution in [0.4, 0.5) is 4.39 Å². The molecule has 1 aromatic rings. The minimum atomic E-state index is -0.416. The zero-order chi connectivity index (χ0) is 5.98. The Morgan fingerprint density at radius 2 is 2.11 bits per heavy atom. The smallest absolute Gasteiger partial charge is 1.00 e. The van der Waals surface area contributed by atoms with Gasteiger partial charge in [-0.25, -0.2) is 0 Å². The Hall–Kier alpha value is 0.136. The van der Waals surface area contributed by atoms with Gasteiger partial charge in [0.1, 0.15) is 0 Å². The number of nitrogens with zero attached hydrogens (tertiary/aromatic N) is 1. The van der Waals surface area contributed by atoms with E-state index in [-0.39, 0.29) is 12.4 Å². The Morgan fingerprint density at radius 3 is 2.44 bits per heavy atom. The maximum atomic E-state index is 12.0. The van der Waals surface area contributed by atoms with Crippen LogP contribution in [-0.4, -0.2) is 26.7 Å². The molecule has 4 heteroatoms. The molecule has 0 aliphatic rings. The largest absolute Gasteiger partial charge is 1.00 e. The molecule has 44 valence electrons. The fourth-order valence-corrected chi connectivity index (χ4v) is 0.616. The predicted octanol–water partition coefficient (Wildman–Crippen LogP) is -2.98. The Balaban J connectivity index is 0.000000640. The summed E-state index contributed by atoms with van der Waals surface area (Å²) in [7, 11) is 0. The Morgan fingerprint density at radius 1 is 1.44 bits per heavy atom. The summed E-state index contributed by atoms with van der Waals surface area (Å²) in [4.78, 5) is 3.42. The third-order valence-corrected chi connectivity index (χ3v) is 1.21. The average molecular weight is 156 g/mol. The van der Waals surface area contributed by atoms with E-state index in [0.29, 0.717) is 0 Å². The van der Waals surface area contributed by atoms with Crippen LogP contribution in [0.5, 0.6) is 0 Å². The van der Waals surface area contributed by atoms with Gasteiger partial charge in [-0.1, -0.05) is 0 Å². The van der Waals surface area contributed by atoms with E-state index in [1.807, 2.05) is 0 Å². The van der Waals surface area contributed by atoms with Crippen LogP contribution in [0, 0.1) is 5.95 Å². The van der Waals surface area contributed by atoms with Crippen molar-refractivity contribution in [1.29, 1.82) is 0 Å². The molecule has 1 heterocycles. The summed E-state index contributed by atoms with van der Waals surface area (Å²) in [6.45, 7) is 0. The average Bonchev–Trinajstić information content (AvgIpc) is 1.77. The molecule has 0 radical (unpaired) electrons. The molecule has 0 atom stereocenters. The maximum absolute atomic E-state index is 12.0. The van der Waals surface area contributed by atoms with Crippen molar-refractivity contribution in [2.24, 2.45) is 0 Å². The van der Waals surface area contributed by atoms with Crippen molar-refractivity contribution in [3.63, 3.8) is 0 Å². The van der Waals surface area contributed by atoms with Gasteiger partial charge in [-0.2, -0.15) is 0 Å². The van der Waals surface area contributed by atoms with Crippen molar-refractivity contribution in [1.82, 2.24) is 4.98 Å². The van der Waals surface area contributed by atoms with Crippen LogP contribution in [0.1, 0.15) is 0 Å². The summed E-state index contributed by atoms with van der Waals surface area (Å²) >= 11 is 1.68.